The van der Waals surface area contributed by atoms with Crippen molar-refractivity contribution < 1.29 is 22.3 Å². The van der Waals surface area contributed by atoms with Gasteiger partial charge in [0.05, 0.1) is 23.2 Å². The Balaban J connectivity index is 1.36. The van der Waals surface area contributed by atoms with Crippen molar-refractivity contribution in [3.8, 4) is 17.0 Å². The standard InChI is InChI=1S/C20H23FN2O4S/c21-15-5-10-18(22-12-15)14-3-6-16(7-4-14)27-13-20-19(2-1-11-26-20)23-28(24,25)17-8-9-17/h3-7,10,12,17,19-20,23H,1-2,8-9,11,13H2. The topological polar surface area (TPSA) is 77.5 Å². The van der Waals surface area contributed by atoms with Gasteiger partial charge in [-0.1, -0.05) is 0 Å². The number of halogens is 1. The van der Waals surface area contributed by atoms with Gasteiger partial charge in [-0.15, -0.1) is 0 Å². The van der Waals surface area contributed by atoms with Gasteiger partial charge in [0, 0.05) is 12.2 Å². The first-order valence-corrected chi connectivity index (χ1v) is 11.0. The molecule has 6 nitrogen and oxygen atoms in total. The Morgan fingerprint density at radius 1 is 1.14 bits per heavy atom. The Bertz CT molecular complexity index is 899. The molecule has 2 heterocycles. The van der Waals surface area contributed by atoms with E-state index in [0.717, 1.165) is 31.2 Å². The molecule has 2 aromatic rings. The molecule has 2 fully saturated rings. The van der Waals surface area contributed by atoms with Crippen molar-refractivity contribution in [1.29, 1.82) is 0 Å². The van der Waals surface area contributed by atoms with Crippen LogP contribution in [0.3, 0.4) is 0 Å². The Morgan fingerprint density at radius 3 is 2.61 bits per heavy atom. The molecular weight excluding hydrogens is 383 g/mol. The molecule has 1 aromatic carbocycles. The van der Waals surface area contributed by atoms with E-state index in [2.05, 4.69) is 9.71 Å². The molecule has 0 bridgehead atoms. The highest BCUT2D eigenvalue weighted by Crippen LogP contribution is 2.29. The minimum absolute atomic E-state index is 0.247. The smallest absolute Gasteiger partial charge is 0.214 e. The Morgan fingerprint density at radius 2 is 1.93 bits per heavy atom. The zero-order valence-electron chi connectivity index (χ0n) is 15.4. The number of nitrogens with zero attached hydrogens (tertiary/aromatic N) is 1. The fraction of sp³-hybridized carbons (Fsp3) is 0.450. The molecule has 1 aliphatic carbocycles. The summed E-state index contributed by atoms with van der Waals surface area (Å²) in [6.45, 7) is 0.872. The van der Waals surface area contributed by atoms with Gasteiger partial charge in [-0.3, -0.25) is 4.98 Å². The molecule has 0 amide bonds. The van der Waals surface area contributed by atoms with Crippen molar-refractivity contribution in [2.24, 2.45) is 0 Å². The minimum Gasteiger partial charge on any atom is -0.491 e. The van der Waals surface area contributed by atoms with Crippen molar-refractivity contribution in [3.05, 3.63) is 48.4 Å². The van der Waals surface area contributed by atoms with Crippen molar-refractivity contribution in [3.63, 3.8) is 0 Å². The number of hydrogen-bond acceptors (Lipinski definition) is 5. The van der Waals surface area contributed by atoms with E-state index in [9.17, 15) is 12.8 Å². The molecule has 1 aromatic heterocycles. The predicted molar refractivity (Wildman–Crippen MR) is 103 cm³/mol. The number of benzene rings is 1. The predicted octanol–water partition coefficient (Wildman–Crippen LogP) is 2.90. The molecule has 1 aliphatic heterocycles. The second-order valence-electron chi connectivity index (χ2n) is 7.22. The maximum absolute atomic E-state index is 13.0. The first kappa shape index (κ1) is 19.3. The van der Waals surface area contributed by atoms with Gasteiger partial charge in [-0.2, -0.15) is 0 Å². The summed E-state index contributed by atoms with van der Waals surface area (Å²) in [5.74, 6) is 0.284. The van der Waals surface area contributed by atoms with Crippen molar-refractivity contribution in [2.75, 3.05) is 13.2 Å². The fourth-order valence-electron chi connectivity index (χ4n) is 3.27. The van der Waals surface area contributed by atoms with E-state index >= 15 is 0 Å². The number of aromatic nitrogens is 1. The van der Waals surface area contributed by atoms with Gasteiger partial charge in [0.1, 0.15) is 24.3 Å². The number of rotatable bonds is 7. The van der Waals surface area contributed by atoms with Gasteiger partial charge >= 0.3 is 0 Å². The monoisotopic (exact) mass is 406 g/mol. The fourth-order valence-corrected chi connectivity index (χ4v) is 4.91. The third-order valence-electron chi connectivity index (χ3n) is 5.01. The lowest BCUT2D eigenvalue weighted by Gasteiger charge is -2.32. The molecule has 8 heteroatoms. The molecule has 0 spiro atoms. The number of pyridine rings is 1. The van der Waals surface area contributed by atoms with Crippen molar-refractivity contribution >= 4 is 10.0 Å². The van der Waals surface area contributed by atoms with Crippen LogP contribution in [0.1, 0.15) is 25.7 Å². The molecule has 28 heavy (non-hydrogen) atoms. The normalized spacial score (nSPS) is 22.8. The SMILES string of the molecule is O=S(=O)(NC1CCCOC1COc1ccc(-c2ccc(F)cn2)cc1)C1CC1. The lowest BCUT2D eigenvalue weighted by molar-refractivity contribution is -0.0279. The summed E-state index contributed by atoms with van der Waals surface area (Å²) >= 11 is 0. The molecule has 1 saturated heterocycles. The van der Waals surface area contributed by atoms with Crippen molar-refractivity contribution in [1.82, 2.24) is 9.71 Å². The summed E-state index contributed by atoms with van der Waals surface area (Å²) in [4.78, 5) is 4.06. The summed E-state index contributed by atoms with van der Waals surface area (Å²) in [6, 6.07) is 10.1. The minimum atomic E-state index is -3.26. The van der Waals surface area contributed by atoms with Crippen LogP contribution >= 0.6 is 0 Å². The number of ether oxygens (including phenoxy) is 2. The van der Waals surface area contributed by atoms with E-state index in [-0.39, 0.29) is 29.8 Å². The highest BCUT2D eigenvalue weighted by atomic mass is 32.2. The lowest BCUT2D eigenvalue weighted by Crippen LogP contribution is -2.50. The van der Waals surface area contributed by atoms with Crippen molar-refractivity contribution in [2.45, 2.75) is 43.1 Å². The van der Waals surface area contributed by atoms with Crippen LogP contribution in [0, 0.1) is 5.82 Å². The average Bonchev–Trinajstić information content (AvgIpc) is 3.54. The summed E-state index contributed by atoms with van der Waals surface area (Å²) in [6.07, 6.45) is 3.91. The van der Waals surface area contributed by atoms with Gasteiger partial charge < -0.3 is 9.47 Å². The van der Waals surface area contributed by atoms with Gasteiger partial charge in [0.2, 0.25) is 10.0 Å². The van der Waals surface area contributed by atoms with E-state index in [1.54, 1.807) is 6.07 Å². The number of sulfonamides is 1. The highest BCUT2D eigenvalue weighted by molar-refractivity contribution is 7.90. The third kappa shape index (κ3) is 4.68. The van der Waals surface area contributed by atoms with E-state index in [4.69, 9.17) is 9.47 Å². The molecular formula is C20H23FN2O4S. The Hall–Kier alpha value is -2.03. The van der Waals surface area contributed by atoms with Crippen LogP contribution in [0.5, 0.6) is 5.75 Å². The van der Waals surface area contributed by atoms with Crippen LogP contribution in [-0.2, 0) is 14.8 Å². The van der Waals surface area contributed by atoms with Crippen LogP contribution in [0.2, 0.25) is 0 Å². The van der Waals surface area contributed by atoms with E-state index < -0.39 is 10.0 Å². The van der Waals surface area contributed by atoms with Gasteiger partial charge in [-0.05, 0) is 62.1 Å². The van der Waals surface area contributed by atoms with Crippen LogP contribution in [0.15, 0.2) is 42.6 Å². The molecule has 2 aliphatic rings. The van der Waals surface area contributed by atoms with Gasteiger partial charge in [0.25, 0.3) is 0 Å². The van der Waals surface area contributed by atoms with Gasteiger partial charge in [-0.25, -0.2) is 17.5 Å². The Labute approximate surface area is 164 Å². The summed E-state index contributed by atoms with van der Waals surface area (Å²) in [7, 11) is -3.26. The lowest BCUT2D eigenvalue weighted by atomic mass is 10.0. The Kier molecular flexibility index (Phi) is 5.61. The molecule has 2 unspecified atom stereocenters. The summed E-state index contributed by atoms with van der Waals surface area (Å²) in [5.41, 5.74) is 1.54. The first-order chi connectivity index (χ1) is 13.5. The molecule has 1 saturated carbocycles. The zero-order chi connectivity index (χ0) is 19.6. The molecule has 4 rings (SSSR count). The summed E-state index contributed by atoms with van der Waals surface area (Å²) in [5, 5.41) is -0.247. The third-order valence-corrected chi connectivity index (χ3v) is 6.99. The molecule has 1 N–H and O–H groups in total. The van der Waals surface area contributed by atoms with Crippen LogP contribution in [-0.4, -0.2) is 44.0 Å². The summed E-state index contributed by atoms with van der Waals surface area (Å²) < 4.78 is 51.9. The average molecular weight is 406 g/mol. The quantitative estimate of drug-likeness (QED) is 0.765. The maximum Gasteiger partial charge on any atom is 0.214 e. The molecule has 2 atom stereocenters. The second kappa shape index (κ2) is 8.14. The van der Waals surface area contributed by atoms with E-state index in [1.807, 2.05) is 24.3 Å². The van der Waals surface area contributed by atoms with Gasteiger partial charge in [0.15, 0.2) is 0 Å². The zero-order valence-corrected chi connectivity index (χ0v) is 16.2. The largest absolute Gasteiger partial charge is 0.491 e. The van der Waals surface area contributed by atoms with E-state index in [0.29, 0.717) is 18.1 Å². The second-order valence-corrected chi connectivity index (χ2v) is 9.21. The number of nitrogens with one attached hydrogen (secondary N) is 1. The van der Waals surface area contributed by atoms with Crippen LogP contribution in [0.25, 0.3) is 11.3 Å². The molecule has 0 radical (unpaired) electrons. The maximum atomic E-state index is 13.0. The number of hydrogen-bond donors (Lipinski definition) is 1. The molecule has 150 valence electrons. The first-order valence-electron chi connectivity index (χ1n) is 9.49. The van der Waals surface area contributed by atoms with Crippen LogP contribution < -0.4 is 9.46 Å². The van der Waals surface area contributed by atoms with E-state index in [1.165, 1.54) is 12.3 Å². The van der Waals surface area contributed by atoms with Crippen LogP contribution in [0.4, 0.5) is 4.39 Å². The highest BCUT2D eigenvalue weighted by Gasteiger charge is 2.39.